The summed E-state index contributed by atoms with van der Waals surface area (Å²) in [6.07, 6.45) is 1.58. The lowest BCUT2D eigenvalue weighted by Gasteiger charge is -2.05. The van der Waals surface area contributed by atoms with E-state index >= 15 is 0 Å². The van der Waals surface area contributed by atoms with Gasteiger partial charge in [-0.3, -0.25) is 4.98 Å². The lowest BCUT2D eigenvalue weighted by Crippen LogP contribution is -2.14. The molecule has 5 heteroatoms. The first-order valence-electron chi connectivity index (χ1n) is 3.82. The third kappa shape index (κ3) is 3.00. The Morgan fingerprint density at radius 2 is 2.23 bits per heavy atom. The lowest BCUT2D eigenvalue weighted by atomic mass is 10.4. The molecular weight excluding hydrogens is 206 g/mol. The minimum absolute atomic E-state index is 0.0431. The topological polar surface area (TPSA) is 47.0 Å². The molecule has 0 aliphatic rings. The van der Waals surface area contributed by atoms with Crippen LogP contribution in [0.15, 0.2) is 24.4 Å². The lowest BCUT2D eigenvalue weighted by molar-refractivity contribution is 0.593. The summed E-state index contributed by atoms with van der Waals surface area (Å²) in [5.41, 5.74) is 0.559. The largest absolute Gasteiger partial charge is 0.260 e. The highest BCUT2D eigenvalue weighted by Gasteiger charge is 2.17. The molecule has 0 aromatic carbocycles. The van der Waals surface area contributed by atoms with E-state index in [4.69, 9.17) is 0 Å². The van der Waals surface area contributed by atoms with Crippen LogP contribution < -0.4 is 0 Å². The van der Waals surface area contributed by atoms with Gasteiger partial charge in [0.25, 0.3) is 0 Å². The molecule has 1 heterocycles. The van der Waals surface area contributed by atoms with Gasteiger partial charge in [-0.1, -0.05) is 6.07 Å². The third-order valence-electron chi connectivity index (χ3n) is 1.59. The van der Waals surface area contributed by atoms with E-state index in [9.17, 15) is 8.42 Å². The van der Waals surface area contributed by atoms with Gasteiger partial charge in [-0.25, -0.2) is 8.42 Å². The van der Waals surface area contributed by atoms with E-state index in [1.165, 1.54) is 0 Å². The Kier molecular flexibility index (Phi) is 3.33. The van der Waals surface area contributed by atoms with Crippen LogP contribution in [0.1, 0.15) is 12.6 Å². The van der Waals surface area contributed by atoms with Crippen LogP contribution in [0.25, 0.3) is 0 Å². The summed E-state index contributed by atoms with van der Waals surface area (Å²) in [5, 5.41) is 0. The van der Waals surface area contributed by atoms with Gasteiger partial charge in [0.05, 0.1) is 11.4 Å². The molecule has 1 atom stereocenters. The van der Waals surface area contributed by atoms with Gasteiger partial charge in [-0.2, -0.15) is 12.6 Å². The van der Waals surface area contributed by atoms with Crippen molar-refractivity contribution in [2.24, 2.45) is 0 Å². The number of pyridine rings is 1. The first kappa shape index (κ1) is 10.5. The Bertz CT molecular complexity index is 359. The van der Waals surface area contributed by atoms with Crippen LogP contribution in [0.5, 0.6) is 0 Å². The van der Waals surface area contributed by atoms with E-state index in [0.29, 0.717) is 5.69 Å². The fourth-order valence-corrected chi connectivity index (χ4v) is 1.86. The van der Waals surface area contributed by atoms with Crippen molar-refractivity contribution in [3.63, 3.8) is 0 Å². The standard InChI is InChI=1S/C8H11NO2S2/c1-7(12)13(10,11)6-8-4-2-3-5-9-8/h2-5,7,12H,6H2,1H3. The van der Waals surface area contributed by atoms with Crippen molar-refractivity contribution in [2.45, 2.75) is 17.3 Å². The summed E-state index contributed by atoms with van der Waals surface area (Å²) in [5.74, 6) is -0.0431. The minimum atomic E-state index is -3.15. The Morgan fingerprint density at radius 3 is 2.69 bits per heavy atom. The predicted octanol–water partition coefficient (Wildman–Crippen LogP) is 1.27. The second kappa shape index (κ2) is 4.11. The molecule has 1 aromatic heterocycles. The van der Waals surface area contributed by atoms with Gasteiger partial charge in [0.15, 0.2) is 9.84 Å². The van der Waals surface area contributed by atoms with Crippen LogP contribution in [-0.4, -0.2) is 18.0 Å². The molecule has 0 aliphatic heterocycles. The van der Waals surface area contributed by atoms with Crippen LogP contribution in [0.3, 0.4) is 0 Å². The Labute approximate surface area is 83.5 Å². The van der Waals surface area contributed by atoms with Gasteiger partial charge in [0.2, 0.25) is 0 Å². The maximum absolute atomic E-state index is 11.4. The normalized spacial score (nSPS) is 14.0. The zero-order valence-electron chi connectivity index (χ0n) is 7.21. The van der Waals surface area contributed by atoms with E-state index in [1.807, 2.05) is 0 Å². The van der Waals surface area contributed by atoms with Crippen molar-refractivity contribution in [1.29, 1.82) is 0 Å². The molecule has 1 unspecified atom stereocenters. The second-order valence-corrected chi connectivity index (χ2v) is 6.17. The van der Waals surface area contributed by atoms with Crippen molar-refractivity contribution in [1.82, 2.24) is 4.98 Å². The molecule has 0 spiro atoms. The van der Waals surface area contributed by atoms with Crippen molar-refractivity contribution in [3.05, 3.63) is 30.1 Å². The summed E-state index contributed by atoms with van der Waals surface area (Å²) in [6.45, 7) is 1.54. The first-order chi connectivity index (χ1) is 6.02. The Hall–Kier alpha value is -0.550. The van der Waals surface area contributed by atoms with E-state index in [1.54, 1.807) is 31.3 Å². The monoisotopic (exact) mass is 217 g/mol. The highest BCUT2D eigenvalue weighted by Crippen LogP contribution is 2.11. The van der Waals surface area contributed by atoms with Crippen LogP contribution in [-0.2, 0) is 15.6 Å². The third-order valence-corrected chi connectivity index (χ3v) is 4.30. The molecule has 0 aliphatic carbocycles. The molecule has 0 saturated heterocycles. The number of sulfone groups is 1. The smallest absolute Gasteiger partial charge is 0.167 e. The second-order valence-electron chi connectivity index (χ2n) is 2.73. The summed E-state index contributed by atoms with van der Waals surface area (Å²) in [7, 11) is -3.15. The molecule has 3 nitrogen and oxygen atoms in total. The van der Waals surface area contributed by atoms with Crippen molar-refractivity contribution >= 4 is 22.5 Å². The van der Waals surface area contributed by atoms with Gasteiger partial charge in [0, 0.05) is 6.20 Å². The fourth-order valence-electron chi connectivity index (χ4n) is 0.810. The van der Waals surface area contributed by atoms with Gasteiger partial charge in [-0.15, -0.1) is 0 Å². The molecule has 0 N–H and O–H groups in total. The van der Waals surface area contributed by atoms with Gasteiger partial charge in [0.1, 0.15) is 4.58 Å². The number of rotatable bonds is 3. The molecule has 0 saturated carbocycles. The summed E-state index contributed by atoms with van der Waals surface area (Å²) in [6, 6.07) is 5.20. The first-order valence-corrected chi connectivity index (χ1v) is 6.05. The molecule has 1 aromatic rings. The summed E-state index contributed by atoms with van der Waals surface area (Å²) >= 11 is 3.89. The number of thiol groups is 1. The zero-order chi connectivity index (χ0) is 9.90. The average Bonchev–Trinajstić information content (AvgIpc) is 2.05. The van der Waals surface area contributed by atoms with Gasteiger partial charge >= 0.3 is 0 Å². The van der Waals surface area contributed by atoms with E-state index < -0.39 is 14.4 Å². The molecule has 0 bridgehead atoms. The molecule has 0 amide bonds. The quantitative estimate of drug-likeness (QED) is 0.776. The molecule has 13 heavy (non-hydrogen) atoms. The number of hydrogen-bond donors (Lipinski definition) is 1. The maximum Gasteiger partial charge on any atom is 0.167 e. The average molecular weight is 217 g/mol. The summed E-state index contributed by atoms with van der Waals surface area (Å²) in [4.78, 5) is 3.93. The molecule has 0 radical (unpaired) electrons. The fraction of sp³-hybridized carbons (Fsp3) is 0.375. The van der Waals surface area contributed by atoms with Crippen LogP contribution in [0, 0.1) is 0 Å². The number of hydrogen-bond acceptors (Lipinski definition) is 4. The molecule has 1 rings (SSSR count). The van der Waals surface area contributed by atoms with Crippen molar-refractivity contribution < 1.29 is 8.42 Å². The molecular formula is C8H11NO2S2. The summed E-state index contributed by atoms with van der Waals surface area (Å²) < 4.78 is 22.1. The van der Waals surface area contributed by atoms with Gasteiger partial charge in [-0.05, 0) is 19.1 Å². The Balaban J connectivity index is 2.82. The molecule has 0 fully saturated rings. The highest BCUT2D eigenvalue weighted by molar-refractivity contribution is 8.04. The van der Waals surface area contributed by atoms with Crippen molar-refractivity contribution in [3.8, 4) is 0 Å². The minimum Gasteiger partial charge on any atom is -0.260 e. The van der Waals surface area contributed by atoms with Crippen LogP contribution in [0.4, 0.5) is 0 Å². The highest BCUT2D eigenvalue weighted by atomic mass is 32.2. The van der Waals surface area contributed by atoms with Gasteiger partial charge < -0.3 is 0 Å². The predicted molar refractivity (Wildman–Crippen MR) is 55.3 cm³/mol. The Morgan fingerprint density at radius 1 is 1.54 bits per heavy atom. The maximum atomic E-state index is 11.4. The molecule has 72 valence electrons. The van der Waals surface area contributed by atoms with E-state index in [2.05, 4.69) is 17.6 Å². The number of aromatic nitrogens is 1. The van der Waals surface area contributed by atoms with E-state index in [0.717, 1.165) is 0 Å². The van der Waals surface area contributed by atoms with Crippen LogP contribution in [0.2, 0.25) is 0 Å². The van der Waals surface area contributed by atoms with E-state index in [-0.39, 0.29) is 5.75 Å². The zero-order valence-corrected chi connectivity index (χ0v) is 8.92. The number of nitrogens with zero attached hydrogens (tertiary/aromatic N) is 1. The van der Waals surface area contributed by atoms with Crippen LogP contribution >= 0.6 is 12.6 Å². The van der Waals surface area contributed by atoms with Crippen molar-refractivity contribution in [2.75, 3.05) is 0 Å². The SMILES string of the molecule is CC(S)S(=O)(=O)Cc1ccccn1.